The fraction of sp³-hybridized carbons (Fsp3) is 1.00. The van der Waals surface area contributed by atoms with E-state index >= 15 is 0 Å². The zero-order chi connectivity index (χ0) is 12.2. The first kappa shape index (κ1) is 13.9. The molecule has 0 aromatic carbocycles. The Morgan fingerprint density at radius 1 is 1.38 bits per heavy atom. The van der Waals surface area contributed by atoms with E-state index in [4.69, 9.17) is 4.74 Å². The van der Waals surface area contributed by atoms with Crippen molar-refractivity contribution in [3.05, 3.63) is 0 Å². The number of rotatable bonds is 5. The summed E-state index contributed by atoms with van der Waals surface area (Å²) in [6, 6.07) is 0. The summed E-state index contributed by atoms with van der Waals surface area (Å²) in [7, 11) is 1.90. The van der Waals surface area contributed by atoms with Gasteiger partial charge in [-0.15, -0.1) is 0 Å². The summed E-state index contributed by atoms with van der Waals surface area (Å²) in [6.45, 7) is 9.47. The van der Waals surface area contributed by atoms with Crippen molar-refractivity contribution < 1.29 is 9.84 Å². The lowest BCUT2D eigenvalue weighted by Gasteiger charge is -2.37. The highest BCUT2D eigenvalue weighted by molar-refractivity contribution is 4.83. The Hall–Kier alpha value is -0.160. The van der Waals surface area contributed by atoms with Crippen LogP contribution in [0.25, 0.3) is 0 Å². The number of hydrogen-bond acceptors (Lipinski definition) is 4. The summed E-state index contributed by atoms with van der Waals surface area (Å²) < 4.78 is 5.69. The first-order chi connectivity index (χ1) is 7.49. The van der Waals surface area contributed by atoms with Gasteiger partial charge in [-0.1, -0.05) is 0 Å². The largest absolute Gasteiger partial charge is 0.394 e. The van der Waals surface area contributed by atoms with Gasteiger partial charge >= 0.3 is 0 Å². The molecule has 0 aromatic heterocycles. The Balaban J connectivity index is 2.36. The molecule has 0 bridgehead atoms. The second kappa shape index (κ2) is 5.96. The fourth-order valence-electron chi connectivity index (χ4n) is 2.15. The Morgan fingerprint density at radius 3 is 2.38 bits per heavy atom. The third kappa shape index (κ3) is 4.01. The normalized spacial score (nSPS) is 31.3. The van der Waals surface area contributed by atoms with Crippen LogP contribution in [0.15, 0.2) is 0 Å². The molecule has 3 atom stereocenters. The lowest BCUT2D eigenvalue weighted by Crippen LogP contribution is -2.50. The number of aliphatic hydroxyl groups excluding tert-OH is 1. The third-order valence-corrected chi connectivity index (χ3v) is 3.43. The Kier molecular flexibility index (Phi) is 5.18. The highest BCUT2D eigenvalue weighted by Crippen LogP contribution is 2.14. The molecule has 0 amide bonds. The van der Waals surface area contributed by atoms with E-state index in [1.807, 2.05) is 7.05 Å². The summed E-state index contributed by atoms with van der Waals surface area (Å²) in [5.74, 6) is 0. The monoisotopic (exact) mass is 230 g/mol. The van der Waals surface area contributed by atoms with E-state index < -0.39 is 0 Å². The molecule has 0 aromatic rings. The van der Waals surface area contributed by atoms with Crippen molar-refractivity contribution in [2.75, 3.05) is 33.3 Å². The van der Waals surface area contributed by atoms with E-state index in [-0.39, 0.29) is 12.1 Å². The van der Waals surface area contributed by atoms with Gasteiger partial charge in [-0.2, -0.15) is 0 Å². The van der Waals surface area contributed by atoms with Crippen LogP contribution in [0.2, 0.25) is 0 Å². The molecule has 0 saturated carbocycles. The highest BCUT2D eigenvalue weighted by atomic mass is 16.5. The van der Waals surface area contributed by atoms with Gasteiger partial charge in [0.2, 0.25) is 0 Å². The van der Waals surface area contributed by atoms with Crippen LogP contribution >= 0.6 is 0 Å². The van der Waals surface area contributed by atoms with Gasteiger partial charge in [-0.3, -0.25) is 4.90 Å². The van der Waals surface area contributed by atoms with Crippen molar-refractivity contribution in [3.8, 4) is 0 Å². The SMILES string of the molecule is CNC(C)(CO)CCN1CC(C)OC(C)C1. The molecular weight excluding hydrogens is 204 g/mol. The molecule has 0 radical (unpaired) electrons. The van der Waals surface area contributed by atoms with E-state index in [9.17, 15) is 5.11 Å². The molecule has 0 spiro atoms. The molecule has 4 nitrogen and oxygen atoms in total. The van der Waals surface area contributed by atoms with Gasteiger partial charge in [0, 0.05) is 25.2 Å². The van der Waals surface area contributed by atoms with Gasteiger partial charge in [-0.05, 0) is 34.2 Å². The van der Waals surface area contributed by atoms with Crippen molar-refractivity contribution in [2.45, 2.75) is 44.9 Å². The maximum absolute atomic E-state index is 9.31. The van der Waals surface area contributed by atoms with Gasteiger partial charge in [0.15, 0.2) is 0 Å². The zero-order valence-electron chi connectivity index (χ0n) is 11.0. The Bertz CT molecular complexity index is 197. The van der Waals surface area contributed by atoms with Crippen molar-refractivity contribution in [3.63, 3.8) is 0 Å². The van der Waals surface area contributed by atoms with Crippen molar-refractivity contribution in [2.24, 2.45) is 0 Å². The highest BCUT2D eigenvalue weighted by Gasteiger charge is 2.26. The molecule has 1 heterocycles. The van der Waals surface area contributed by atoms with E-state index in [0.29, 0.717) is 12.2 Å². The lowest BCUT2D eigenvalue weighted by molar-refractivity contribution is -0.0698. The van der Waals surface area contributed by atoms with Crippen LogP contribution in [-0.2, 0) is 4.74 Å². The van der Waals surface area contributed by atoms with Crippen LogP contribution < -0.4 is 5.32 Å². The maximum Gasteiger partial charge on any atom is 0.0678 e. The first-order valence-corrected chi connectivity index (χ1v) is 6.16. The van der Waals surface area contributed by atoms with Crippen molar-refractivity contribution >= 4 is 0 Å². The quantitative estimate of drug-likeness (QED) is 0.720. The van der Waals surface area contributed by atoms with E-state index in [2.05, 4.69) is 31.0 Å². The molecule has 96 valence electrons. The van der Waals surface area contributed by atoms with Crippen molar-refractivity contribution in [1.29, 1.82) is 0 Å². The fourth-order valence-corrected chi connectivity index (χ4v) is 2.15. The van der Waals surface area contributed by atoms with Crippen LogP contribution in [0, 0.1) is 0 Å². The average molecular weight is 230 g/mol. The third-order valence-electron chi connectivity index (χ3n) is 3.43. The molecule has 1 aliphatic heterocycles. The molecule has 1 fully saturated rings. The second-order valence-electron chi connectivity index (χ2n) is 5.24. The first-order valence-electron chi connectivity index (χ1n) is 6.16. The van der Waals surface area contributed by atoms with E-state index in [1.54, 1.807) is 0 Å². The predicted molar refractivity (Wildman–Crippen MR) is 65.6 cm³/mol. The lowest BCUT2D eigenvalue weighted by atomic mass is 9.99. The molecule has 1 saturated heterocycles. The Labute approximate surface area is 99.0 Å². The number of nitrogens with one attached hydrogen (secondary N) is 1. The molecule has 1 aliphatic rings. The molecule has 4 heteroatoms. The minimum Gasteiger partial charge on any atom is -0.394 e. The average Bonchev–Trinajstić information content (AvgIpc) is 2.25. The van der Waals surface area contributed by atoms with Crippen molar-refractivity contribution in [1.82, 2.24) is 10.2 Å². The van der Waals surface area contributed by atoms with Crippen LogP contribution in [0.5, 0.6) is 0 Å². The van der Waals surface area contributed by atoms with E-state index in [0.717, 1.165) is 26.1 Å². The number of nitrogens with zero attached hydrogens (tertiary/aromatic N) is 1. The number of morpholine rings is 1. The summed E-state index contributed by atoms with van der Waals surface area (Å²) in [6.07, 6.45) is 1.59. The smallest absolute Gasteiger partial charge is 0.0678 e. The predicted octanol–water partition coefficient (Wildman–Crippen LogP) is 0.456. The number of aliphatic hydroxyl groups is 1. The minimum absolute atomic E-state index is 0.162. The Morgan fingerprint density at radius 2 is 1.94 bits per heavy atom. The van der Waals surface area contributed by atoms with Crippen LogP contribution in [0.3, 0.4) is 0 Å². The maximum atomic E-state index is 9.31. The summed E-state index contributed by atoms with van der Waals surface area (Å²) >= 11 is 0. The van der Waals surface area contributed by atoms with Crippen LogP contribution in [-0.4, -0.2) is 61.0 Å². The van der Waals surface area contributed by atoms with Gasteiger partial charge in [-0.25, -0.2) is 0 Å². The van der Waals surface area contributed by atoms with Gasteiger partial charge < -0.3 is 15.2 Å². The topological polar surface area (TPSA) is 44.7 Å². The van der Waals surface area contributed by atoms with E-state index in [1.165, 1.54) is 0 Å². The van der Waals surface area contributed by atoms with Gasteiger partial charge in [0.1, 0.15) is 0 Å². The summed E-state index contributed by atoms with van der Waals surface area (Å²) in [4.78, 5) is 2.42. The number of hydrogen-bond donors (Lipinski definition) is 2. The molecule has 2 N–H and O–H groups in total. The van der Waals surface area contributed by atoms with Crippen LogP contribution in [0.1, 0.15) is 27.2 Å². The van der Waals surface area contributed by atoms with Gasteiger partial charge in [0.05, 0.1) is 18.8 Å². The summed E-state index contributed by atoms with van der Waals surface area (Å²) in [5, 5.41) is 12.5. The number of likely N-dealkylation sites (N-methyl/N-ethyl adjacent to an activating group) is 1. The molecule has 16 heavy (non-hydrogen) atoms. The standard InChI is InChI=1S/C12H26N2O2/c1-10-7-14(8-11(2)16-10)6-5-12(3,9-15)13-4/h10-11,13,15H,5-9H2,1-4H3. The summed E-state index contributed by atoms with van der Waals surface area (Å²) in [5.41, 5.74) is -0.162. The molecule has 0 aliphatic carbocycles. The number of ether oxygens (including phenoxy) is 1. The molecular formula is C12H26N2O2. The molecule has 1 rings (SSSR count). The van der Waals surface area contributed by atoms with Crippen LogP contribution in [0.4, 0.5) is 0 Å². The zero-order valence-corrected chi connectivity index (χ0v) is 11.0. The molecule has 3 unspecified atom stereocenters. The second-order valence-corrected chi connectivity index (χ2v) is 5.24. The minimum atomic E-state index is -0.162. The van der Waals surface area contributed by atoms with Gasteiger partial charge in [0.25, 0.3) is 0 Å².